The smallest absolute Gasteiger partial charge is 0.137 e. The number of aromatic nitrogens is 1. The molecule has 3 heterocycles. The quantitative estimate of drug-likeness (QED) is 0.158. The Balaban J connectivity index is 1.46. The van der Waals surface area contributed by atoms with Crippen LogP contribution in [0.1, 0.15) is 12.8 Å². The number of allylic oxidation sites excluding steroid dienone is 3. The molecule has 0 bridgehead atoms. The Bertz CT molecular complexity index is 2170. The van der Waals surface area contributed by atoms with Crippen LogP contribution in [0.2, 0.25) is 0 Å². The van der Waals surface area contributed by atoms with Crippen molar-refractivity contribution in [2.75, 3.05) is 4.90 Å². The number of hydrogen-bond donors (Lipinski definition) is 0. The molecule has 42 heavy (non-hydrogen) atoms. The van der Waals surface area contributed by atoms with Gasteiger partial charge >= 0.3 is 0 Å². The van der Waals surface area contributed by atoms with Gasteiger partial charge in [-0.05, 0) is 78.6 Å². The van der Waals surface area contributed by atoms with Crippen molar-refractivity contribution in [1.29, 1.82) is 0 Å². The standard InChI is InChI=1S/C38H28N4/c1-25(32-18-8-9-21-40-32)22-37(39-2)42-34-20-11-13-26-12-10-17-29(38(26)34)31-23-30-28-16-6-7-19-33(28)41(35(30)24-36(31)42)27-14-4-3-5-15-27/h3-7,9-17,19-24H,1-2,8,18H2/b37-22+. The molecule has 200 valence electrons. The Hall–Kier alpha value is -5.48. The van der Waals surface area contributed by atoms with Crippen LogP contribution < -0.4 is 4.90 Å². The van der Waals surface area contributed by atoms with Gasteiger partial charge < -0.3 is 4.57 Å². The molecular formula is C38H28N4. The molecule has 0 aliphatic carbocycles. The Labute approximate surface area is 244 Å². The second kappa shape index (κ2) is 9.57. The average Bonchev–Trinajstić information content (AvgIpc) is 3.37. The maximum absolute atomic E-state index is 4.61. The summed E-state index contributed by atoms with van der Waals surface area (Å²) < 4.78 is 2.36. The van der Waals surface area contributed by atoms with Gasteiger partial charge in [0.25, 0.3) is 0 Å². The summed E-state index contributed by atoms with van der Waals surface area (Å²) in [6.45, 7) is 8.41. The molecule has 0 radical (unpaired) electrons. The van der Waals surface area contributed by atoms with Gasteiger partial charge in [-0.15, -0.1) is 0 Å². The van der Waals surface area contributed by atoms with E-state index in [1.54, 1.807) is 0 Å². The van der Waals surface area contributed by atoms with Crippen LogP contribution in [0.4, 0.5) is 11.4 Å². The highest BCUT2D eigenvalue weighted by Gasteiger charge is 2.29. The minimum absolute atomic E-state index is 0.724. The van der Waals surface area contributed by atoms with Crippen molar-refractivity contribution in [3.05, 3.63) is 139 Å². The van der Waals surface area contributed by atoms with E-state index in [1.807, 2.05) is 12.3 Å². The fourth-order valence-corrected chi connectivity index (χ4v) is 6.53. The fourth-order valence-electron chi connectivity index (χ4n) is 6.53. The molecule has 0 amide bonds. The molecule has 5 aromatic carbocycles. The Kier molecular flexibility index (Phi) is 5.54. The van der Waals surface area contributed by atoms with Crippen LogP contribution in [-0.2, 0) is 0 Å². The van der Waals surface area contributed by atoms with Crippen molar-refractivity contribution in [3.8, 4) is 16.8 Å². The second-order valence-corrected chi connectivity index (χ2v) is 10.8. The minimum atomic E-state index is 0.724. The van der Waals surface area contributed by atoms with E-state index in [0.717, 1.165) is 52.5 Å². The first-order valence-corrected chi connectivity index (χ1v) is 14.3. The third kappa shape index (κ3) is 3.62. The zero-order valence-electron chi connectivity index (χ0n) is 23.2. The Morgan fingerprint density at radius 1 is 0.786 bits per heavy atom. The van der Waals surface area contributed by atoms with Gasteiger partial charge in [0.15, 0.2) is 0 Å². The molecule has 4 heteroatoms. The summed E-state index contributed by atoms with van der Waals surface area (Å²) in [4.78, 5) is 11.4. The topological polar surface area (TPSA) is 32.9 Å². The van der Waals surface area contributed by atoms with Gasteiger partial charge in [0.1, 0.15) is 5.82 Å². The van der Waals surface area contributed by atoms with Crippen molar-refractivity contribution in [3.63, 3.8) is 0 Å². The number of rotatable bonds is 5. The van der Waals surface area contributed by atoms with Gasteiger partial charge in [-0.1, -0.05) is 79.4 Å². The predicted octanol–water partition coefficient (Wildman–Crippen LogP) is 9.90. The maximum atomic E-state index is 4.61. The highest BCUT2D eigenvalue weighted by Crippen LogP contribution is 2.51. The molecule has 8 rings (SSSR count). The molecule has 1 aromatic heterocycles. The molecule has 0 fully saturated rings. The fraction of sp³-hybridized carbons (Fsp3) is 0.0526. The number of aliphatic imine (C=N–C) groups is 2. The number of anilines is 2. The molecule has 0 saturated heterocycles. The molecule has 0 saturated carbocycles. The van der Waals surface area contributed by atoms with Crippen LogP contribution >= 0.6 is 0 Å². The number of nitrogens with zero attached hydrogens (tertiary/aromatic N) is 4. The van der Waals surface area contributed by atoms with Crippen LogP contribution in [-0.4, -0.2) is 17.0 Å². The van der Waals surface area contributed by atoms with Crippen molar-refractivity contribution >= 4 is 56.4 Å². The third-order valence-corrected chi connectivity index (χ3v) is 8.41. The molecule has 2 aliphatic heterocycles. The van der Waals surface area contributed by atoms with E-state index >= 15 is 0 Å². The van der Waals surface area contributed by atoms with E-state index in [9.17, 15) is 0 Å². The number of benzene rings is 5. The SMILES string of the molecule is C=N/C(=C\C(=C)C1=NC=CCC1)N1c2cc3c(cc2-c2cccc4cccc1c24)c1ccccc1n3-c1ccccc1. The third-order valence-electron chi connectivity index (χ3n) is 8.41. The van der Waals surface area contributed by atoms with Crippen LogP contribution in [0.15, 0.2) is 149 Å². The minimum Gasteiger partial charge on any atom is -0.309 e. The molecule has 6 aromatic rings. The van der Waals surface area contributed by atoms with Crippen molar-refractivity contribution in [1.82, 2.24) is 4.57 Å². The molecule has 2 aliphatic rings. The van der Waals surface area contributed by atoms with Crippen molar-refractivity contribution in [2.24, 2.45) is 9.98 Å². The van der Waals surface area contributed by atoms with E-state index in [2.05, 4.69) is 142 Å². The Morgan fingerprint density at radius 3 is 2.40 bits per heavy atom. The van der Waals surface area contributed by atoms with Gasteiger partial charge in [0, 0.05) is 39.3 Å². The van der Waals surface area contributed by atoms with Crippen LogP contribution in [0.5, 0.6) is 0 Å². The average molecular weight is 541 g/mol. The van der Waals surface area contributed by atoms with E-state index in [1.165, 1.54) is 38.2 Å². The highest BCUT2D eigenvalue weighted by molar-refractivity contribution is 6.18. The summed E-state index contributed by atoms with van der Waals surface area (Å²) in [6, 6.07) is 36.9. The monoisotopic (exact) mass is 540 g/mol. The lowest BCUT2D eigenvalue weighted by molar-refractivity contribution is 1.06. The normalized spacial score (nSPS) is 14.3. The Morgan fingerprint density at radius 2 is 1.60 bits per heavy atom. The number of para-hydroxylation sites is 2. The highest BCUT2D eigenvalue weighted by atomic mass is 15.2. The van der Waals surface area contributed by atoms with Crippen LogP contribution in [0.3, 0.4) is 0 Å². The van der Waals surface area contributed by atoms with Gasteiger partial charge in [-0.25, -0.2) is 4.99 Å². The van der Waals surface area contributed by atoms with E-state index < -0.39 is 0 Å². The summed E-state index contributed by atoms with van der Waals surface area (Å²) in [7, 11) is 0. The number of fused-ring (bicyclic) bond motifs is 5. The summed E-state index contributed by atoms with van der Waals surface area (Å²) in [6.07, 6.45) is 7.80. The van der Waals surface area contributed by atoms with Gasteiger partial charge in [0.2, 0.25) is 0 Å². The zero-order chi connectivity index (χ0) is 28.2. The van der Waals surface area contributed by atoms with E-state index in [-0.39, 0.29) is 0 Å². The van der Waals surface area contributed by atoms with Gasteiger partial charge in [0.05, 0.1) is 22.4 Å². The molecule has 0 spiro atoms. The molecule has 0 N–H and O–H groups in total. The lowest BCUT2D eigenvalue weighted by Gasteiger charge is -2.33. The lowest BCUT2D eigenvalue weighted by Crippen LogP contribution is -2.20. The molecule has 0 atom stereocenters. The van der Waals surface area contributed by atoms with Crippen molar-refractivity contribution < 1.29 is 0 Å². The van der Waals surface area contributed by atoms with E-state index in [4.69, 9.17) is 0 Å². The lowest BCUT2D eigenvalue weighted by atomic mass is 9.90. The first kappa shape index (κ1) is 24.3. The molecule has 4 nitrogen and oxygen atoms in total. The molecule has 0 unspecified atom stereocenters. The maximum Gasteiger partial charge on any atom is 0.137 e. The second-order valence-electron chi connectivity index (χ2n) is 10.8. The summed E-state index contributed by atoms with van der Waals surface area (Å²) in [5.41, 5.74) is 9.81. The zero-order valence-corrected chi connectivity index (χ0v) is 23.2. The van der Waals surface area contributed by atoms with Crippen molar-refractivity contribution in [2.45, 2.75) is 12.8 Å². The van der Waals surface area contributed by atoms with Crippen LogP contribution in [0.25, 0.3) is 49.4 Å². The predicted molar refractivity (Wildman–Crippen MR) is 178 cm³/mol. The van der Waals surface area contributed by atoms with E-state index in [0.29, 0.717) is 0 Å². The van der Waals surface area contributed by atoms with Gasteiger partial charge in [-0.2, -0.15) is 0 Å². The first-order valence-electron chi connectivity index (χ1n) is 14.3. The summed E-state index contributed by atoms with van der Waals surface area (Å²) in [5.74, 6) is 0.724. The first-order chi connectivity index (χ1) is 20.7. The summed E-state index contributed by atoms with van der Waals surface area (Å²) >= 11 is 0. The van der Waals surface area contributed by atoms with Gasteiger partial charge in [-0.3, -0.25) is 9.89 Å². The summed E-state index contributed by atoms with van der Waals surface area (Å²) in [5, 5.41) is 4.84. The number of hydrogen-bond acceptors (Lipinski definition) is 3. The van der Waals surface area contributed by atoms with Crippen LogP contribution in [0, 0.1) is 0 Å². The molecular weight excluding hydrogens is 512 g/mol. The largest absolute Gasteiger partial charge is 0.309 e.